The van der Waals surface area contributed by atoms with Crippen molar-refractivity contribution in [3.05, 3.63) is 0 Å². The molecule has 1 rings (SSSR count). The number of esters is 1. The molecular weight excluding hydrogens is 310 g/mol. The molecule has 0 aromatic carbocycles. The van der Waals surface area contributed by atoms with E-state index in [4.69, 9.17) is 16.3 Å². The van der Waals surface area contributed by atoms with Gasteiger partial charge in [0, 0.05) is 12.3 Å². The maximum atomic E-state index is 11.4. The lowest BCUT2D eigenvalue weighted by Gasteiger charge is -2.06. The highest BCUT2D eigenvalue weighted by Gasteiger charge is 2.18. The van der Waals surface area contributed by atoms with E-state index in [1.807, 2.05) is 0 Å². The molecule has 106 valence electrons. The molecule has 0 saturated heterocycles. The van der Waals surface area contributed by atoms with Crippen molar-refractivity contribution in [1.82, 2.24) is 10.2 Å². The average molecular weight is 324 g/mol. The highest BCUT2D eigenvalue weighted by Crippen LogP contribution is 2.29. The first kappa shape index (κ1) is 16.2. The summed E-state index contributed by atoms with van der Waals surface area (Å²) in [5.41, 5.74) is 0. The van der Waals surface area contributed by atoms with Crippen LogP contribution in [0.1, 0.15) is 20.3 Å². The molecule has 0 saturated carbocycles. The Labute approximate surface area is 124 Å². The second-order valence-electron chi connectivity index (χ2n) is 3.37. The number of nitrogens with zero attached hydrogens (tertiary/aromatic N) is 2. The summed E-state index contributed by atoms with van der Waals surface area (Å²) in [5, 5.41) is 10.3. The molecule has 1 aromatic heterocycles. The lowest BCUT2D eigenvalue weighted by atomic mass is 10.5. The Morgan fingerprint density at radius 1 is 1.53 bits per heavy atom. The van der Waals surface area contributed by atoms with Crippen LogP contribution in [-0.2, 0) is 14.3 Å². The monoisotopic (exact) mass is 323 g/mol. The molecule has 1 unspecified atom stereocenters. The molecular formula is C10H14ClN3O3S2. The van der Waals surface area contributed by atoms with E-state index < -0.39 is 0 Å². The minimum atomic E-state index is -0.362. The molecule has 6 nitrogen and oxygen atoms in total. The summed E-state index contributed by atoms with van der Waals surface area (Å²) in [7, 11) is 0. The van der Waals surface area contributed by atoms with Gasteiger partial charge in [-0.2, -0.15) is 0 Å². The van der Waals surface area contributed by atoms with E-state index in [9.17, 15) is 9.59 Å². The van der Waals surface area contributed by atoms with Crippen molar-refractivity contribution >= 4 is 51.7 Å². The first-order valence-electron chi connectivity index (χ1n) is 5.59. The van der Waals surface area contributed by atoms with Gasteiger partial charge in [-0.15, -0.1) is 21.8 Å². The van der Waals surface area contributed by atoms with E-state index in [-0.39, 0.29) is 29.4 Å². The average Bonchev–Trinajstić information content (AvgIpc) is 2.77. The van der Waals surface area contributed by atoms with Gasteiger partial charge in [0.15, 0.2) is 4.34 Å². The van der Waals surface area contributed by atoms with Crippen molar-refractivity contribution in [2.24, 2.45) is 0 Å². The van der Waals surface area contributed by atoms with Crippen molar-refractivity contribution in [3.8, 4) is 0 Å². The summed E-state index contributed by atoms with van der Waals surface area (Å²) in [4.78, 5) is 22.7. The van der Waals surface area contributed by atoms with Crippen LogP contribution in [0.3, 0.4) is 0 Å². The van der Waals surface area contributed by atoms with Gasteiger partial charge in [-0.05, 0) is 13.8 Å². The minimum absolute atomic E-state index is 0.207. The summed E-state index contributed by atoms with van der Waals surface area (Å²) >= 11 is 7.91. The number of amides is 1. The summed E-state index contributed by atoms with van der Waals surface area (Å²) < 4.78 is 5.49. The second kappa shape index (κ2) is 8.34. The molecule has 1 aromatic rings. The maximum Gasteiger partial charge on any atom is 0.319 e. The zero-order chi connectivity index (χ0) is 14.3. The third-order valence-electron chi connectivity index (χ3n) is 1.87. The Hall–Kier alpha value is -0.860. The molecule has 0 aliphatic carbocycles. The van der Waals surface area contributed by atoms with Gasteiger partial charge < -0.3 is 10.1 Å². The van der Waals surface area contributed by atoms with Crippen molar-refractivity contribution in [3.63, 3.8) is 0 Å². The number of carbonyl (C=O) groups is 2. The first-order valence-corrected chi connectivity index (χ1v) is 7.82. The number of ether oxygens (including phenoxy) is 1. The molecule has 0 aliphatic heterocycles. The topological polar surface area (TPSA) is 81.2 Å². The Morgan fingerprint density at radius 2 is 2.26 bits per heavy atom. The molecule has 1 heterocycles. The van der Waals surface area contributed by atoms with Crippen molar-refractivity contribution < 1.29 is 14.3 Å². The zero-order valence-electron chi connectivity index (χ0n) is 10.5. The summed E-state index contributed by atoms with van der Waals surface area (Å²) in [6.45, 7) is 3.83. The number of nitrogens with one attached hydrogen (secondary N) is 1. The summed E-state index contributed by atoms with van der Waals surface area (Å²) in [6, 6.07) is 0. The Bertz CT molecular complexity index is 441. The summed E-state index contributed by atoms with van der Waals surface area (Å²) in [6.07, 6.45) is 0.225. The van der Waals surface area contributed by atoms with Gasteiger partial charge in [0.1, 0.15) is 5.25 Å². The fraction of sp³-hybridized carbons (Fsp3) is 0.600. The van der Waals surface area contributed by atoms with Gasteiger partial charge in [0.2, 0.25) is 11.0 Å². The van der Waals surface area contributed by atoms with E-state index >= 15 is 0 Å². The van der Waals surface area contributed by atoms with Crippen LogP contribution in [-0.4, -0.2) is 39.8 Å². The van der Waals surface area contributed by atoms with Gasteiger partial charge in [-0.1, -0.05) is 23.1 Å². The van der Waals surface area contributed by atoms with Crippen LogP contribution >= 0.6 is 34.7 Å². The fourth-order valence-corrected chi connectivity index (χ4v) is 3.12. The smallest absolute Gasteiger partial charge is 0.319 e. The largest absolute Gasteiger partial charge is 0.465 e. The molecule has 0 bridgehead atoms. The third kappa shape index (κ3) is 5.75. The van der Waals surface area contributed by atoms with Gasteiger partial charge in [-0.3, -0.25) is 9.59 Å². The van der Waals surface area contributed by atoms with Gasteiger partial charge in [0.25, 0.3) is 0 Å². The van der Waals surface area contributed by atoms with Gasteiger partial charge >= 0.3 is 5.97 Å². The van der Waals surface area contributed by atoms with Crippen molar-refractivity contribution in [1.29, 1.82) is 0 Å². The molecule has 19 heavy (non-hydrogen) atoms. The molecule has 1 atom stereocenters. The maximum absolute atomic E-state index is 11.4. The number of anilines is 1. The summed E-state index contributed by atoms with van der Waals surface area (Å²) in [5.74, 6) is -0.247. The fourth-order valence-electron chi connectivity index (χ4n) is 1.03. The molecule has 0 radical (unpaired) electrons. The zero-order valence-corrected chi connectivity index (χ0v) is 12.9. The Balaban J connectivity index is 2.50. The second-order valence-corrected chi connectivity index (χ2v) is 6.32. The molecule has 0 aliphatic rings. The van der Waals surface area contributed by atoms with E-state index in [1.54, 1.807) is 13.8 Å². The SMILES string of the molecule is CCOC(=O)C(C)Sc1nnc(NC(=O)CCCl)s1. The number of rotatable bonds is 7. The van der Waals surface area contributed by atoms with Crippen molar-refractivity contribution in [2.75, 3.05) is 17.8 Å². The number of alkyl halides is 1. The number of halogens is 1. The molecule has 0 spiro atoms. The first-order chi connectivity index (χ1) is 9.06. The highest BCUT2D eigenvalue weighted by atomic mass is 35.5. The van der Waals surface area contributed by atoms with Gasteiger partial charge in [-0.25, -0.2) is 0 Å². The molecule has 0 fully saturated rings. The highest BCUT2D eigenvalue weighted by molar-refractivity contribution is 8.02. The Morgan fingerprint density at radius 3 is 2.89 bits per heavy atom. The standard InChI is InChI=1S/C10H14ClN3O3S2/c1-3-17-8(16)6(2)18-10-14-13-9(19-10)12-7(15)4-5-11/h6H,3-5H2,1-2H3,(H,12,13,15). The van der Waals surface area contributed by atoms with Crippen molar-refractivity contribution in [2.45, 2.75) is 29.9 Å². The molecule has 9 heteroatoms. The van der Waals surface area contributed by atoms with Crippen LogP contribution in [0.2, 0.25) is 0 Å². The van der Waals surface area contributed by atoms with Crippen LogP contribution in [0.15, 0.2) is 4.34 Å². The third-order valence-corrected chi connectivity index (χ3v) is 4.06. The number of aromatic nitrogens is 2. The van der Waals surface area contributed by atoms with Crippen LogP contribution in [0.5, 0.6) is 0 Å². The predicted octanol–water partition coefficient (Wildman–Crippen LogP) is 2.15. The van der Waals surface area contributed by atoms with Crippen LogP contribution in [0.25, 0.3) is 0 Å². The van der Waals surface area contributed by atoms with E-state index in [2.05, 4.69) is 15.5 Å². The van der Waals surface area contributed by atoms with Gasteiger partial charge in [0.05, 0.1) is 6.61 Å². The minimum Gasteiger partial charge on any atom is -0.465 e. The number of carbonyl (C=O) groups excluding carboxylic acids is 2. The predicted molar refractivity (Wildman–Crippen MR) is 75.8 cm³/mol. The number of thioether (sulfide) groups is 1. The normalized spacial score (nSPS) is 11.9. The van der Waals surface area contributed by atoms with Crippen LogP contribution < -0.4 is 5.32 Å². The lowest BCUT2D eigenvalue weighted by Crippen LogP contribution is -2.16. The molecule has 1 amide bonds. The quantitative estimate of drug-likeness (QED) is 0.358. The van der Waals surface area contributed by atoms with Crippen LogP contribution in [0, 0.1) is 0 Å². The Kier molecular flexibility index (Phi) is 7.11. The molecule has 1 N–H and O–H groups in total. The van der Waals surface area contributed by atoms with Crippen LogP contribution in [0.4, 0.5) is 5.13 Å². The van der Waals surface area contributed by atoms with E-state index in [0.717, 1.165) is 0 Å². The lowest BCUT2D eigenvalue weighted by molar-refractivity contribution is -0.142. The van der Waals surface area contributed by atoms with E-state index in [1.165, 1.54) is 23.1 Å². The number of hydrogen-bond donors (Lipinski definition) is 1. The number of hydrogen-bond acceptors (Lipinski definition) is 7. The van der Waals surface area contributed by atoms with E-state index in [0.29, 0.717) is 16.1 Å².